The number of unbranched alkanes of at least 4 members (excludes halogenated alkanes) is 6. The van der Waals surface area contributed by atoms with Crippen molar-refractivity contribution in [1.29, 1.82) is 0 Å². The van der Waals surface area contributed by atoms with E-state index < -0.39 is 6.10 Å². The monoisotopic (exact) mass is 722 g/mol. The number of hydrogen-bond acceptors (Lipinski definition) is 9. The summed E-state index contributed by atoms with van der Waals surface area (Å²) in [6, 6.07) is 21.0. The minimum atomic E-state index is -0.963. The number of benzene rings is 3. The summed E-state index contributed by atoms with van der Waals surface area (Å²) in [6.45, 7) is 8.59. The molecule has 3 aromatic carbocycles. The van der Waals surface area contributed by atoms with Crippen LogP contribution >= 0.6 is 0 Å². The largest absolute Gasteiger partial charge is 0.494 e. The van der Waals surface area contributed by atoms with Crippen LogP contribution in [0.5, 0.6) is 11.5 Å². The van der Waals surface area contributed by atoms with Gasteiger partial charge in [0, 0.05) is 34.4 Å². The highest BCUT2D eigenvalue weighted by Gasteiger charge is 2.06. The van der Waals surface area contributed by atoms with Gasteiger partial charge in [0.1, 0.15) is 17.6 Å². The lowest BCUT2D eigenvalue weighted by Crippen LogP contribution is -2.19. The second-order valence-electron chi connectivity index (χ2n) is 12.0. The van der Waals surface area contributed by atoms with Gasteiger partial charge in [-0.05, 0) is 124 Å². The Morgan fingerprint density at radius 1 is 0.623 bits per heavy atom. The molecule has 0 radical (unpaired) electrons. The minimum absolute atomic E-state index is 0.00641. The second-order valence-corrected chi connectivity index (χ2v) is 12.0. The van der Waals surface area contributed by atoms with Gasteiger partial charge in [-0.3, -0.25) is 0 Å². The third-order valence-electron chi connectivity index (χ3n) is 7.72. The van der Waals surface area contributed by atoms with E-state index >= 15 is 0 Å². The van der Waals surface area contributed by atoms with Crippen molar-refractivity contribution < 1.29 is 43.5 Å². The molecule has 9 nitrogen and oxygen atoms in total. The molecule has 1 unspecified atom stereocenters. The number of ether oxygens (including phenoxy) is 5. The lowest BCUT2D eigenvalue weighted by Gasteiger charge is -2.10. The average Bonchev–Trinajstić information content (AvgIpc) is 3.19. The third-order valence-corrected chi connectivity index (χ3v) is 7.72. The SMILES string of the molecule is C=CC(=O)OCCCCCCOc1ccc(C#Cc2ccc(C#Cc3ccc(OCCCCCCOC(=O)C=C)cc3)c(COCC(O)CO)c2)cc1. The summed E-state index contributed by atoms with van der Waals surface area (Å²) in [5.74, 6) is 13.6. The van der Waals surface area contributed by atoms with Crippen LogP contribution in [0.25, 0.3) is 0 Å². The topological polar surface area (TPSA) is 121 Å². The van der Waals surface area contributed by atoms with Gasteiger partial charge in [0.2, 0.25) is 0 Å². The summed E-state index contributed by atoms with van der Waals surface area (Å²) in [5.41, 5.74) is 4.04. The Bertz CT molecular complexity index is 1690. The molecular weight excluding hydrogens is 672 g/mol. The van der Waals surface area contributed by atoms with E-state index in [2.05, 4.69) is 36.8 Å². The van der Waals surface area contributed by atoms with Gasteiger partial charge in [0.25, 0.3) is 0 Å². The smallest absolute Gasteiger partial charge is 0.330 e. The first kappa shape index (κ1) is 42.1. The summed E-state index contributed by atoms with van der Waals surface area (Å²) in [5, 5.41) is 18.9. The molecule has 1 atom stereocenters. The highest BCUT2D eigenvalue weighted by atomic mass is 16.5. The Balaban J connectivity index is 1.52. The van der Waals surface area contributed by atoms with Gasteiger partial charge >= 0.3 is 11.9 Å². The molecule has 0 aliphatic heterocycles. The molecule has 0 spiro atoms. The molecule has 53 heavy (non-hydrogen) atoms. The van der Waals surface area contributed by atoms with E-state index in [1.807, 2.05) is 66.7 Å². The molecule has 3 rings (SSSR count). The van der Waals surface area contributed by atoms with E-state index in [9.17, 15) is 19.8 Å². The van der Waals surface area contributed by atoms with Crippen LogP contribution < -0.4 is 9.47 Å². The van der Waals surface area contributed by atoms with Crippen molar-refractivity contribution in [1.82, 2.24) is 0 Å². The number of aliphatic hydroxyl groups is 2. The van der Waals surface area contributed by atoms with Gasteiger partial charge in [-0.25, -0.2) is 9.59 Å². The lowest BCUT2D eigenvalue weighted by molar-refractivity contribution is -0.138. The van der Waals surface area contributed by atoms with Crippen LogP contribution in [0.4, 0.5) is 0 Å². The first-order chi connectivity index (χ1) is 25.9. The first-order valence-corrected chi connectivity index (χ1v) is 18.0. The maximum absolute atomic E-state index is 11.1. The predicted molar refractivity (Wildman–Crippen MR) is 204 cm³/mol. The van der Waals surface area contributed by atoms with Gasteiger partial charge in [-0.1, -0.05) is 36.8 Å². The average molecular weight is 723 g/mol. The van der Waals surface area contributed by atoms with Crippen LogP contribution in [-0.2, 0) is 30.4 Å². The predicted octanol–water partition coefficient (Wildman–Crippen LogP) is 6.69. The Morgan fingerprint density at radius 2 is 1.08 bits per heavy atom. The summed E-state index contributed by atoms with van der Waals surface area (Å²) in [6.07, 6.45) is 8.71. The molecule has 0 bridgehead atoms. The van der Waals surface area contributed by atoms with Gasteiger partial charge in [0.05, 0.1) is 46.2 Å². The van der Waals surface area contributed by atoms with Crippen molar-refractivity contribution in [3.05, 3.63) is 120 Å². The highest BCUT2D eigenvalue weighted by molar-refractivity contribution is 5.81. The van der Waals surface area contributed by atoms with Crippen LogP contribution in [0.15, 0.2) is 92.0 Å². The maximum Gasteiger partial charge on any atom is 0.330 e. The Morgan fingerprint density at radius 3 is 1.57 bits per heavy atom. The fourth-order valence-electron chi connectivity index (χ4n) is 4.78. The highest BCUT2D eigenvalue weighted by Crippen LogP contribution is 2.17. The fraction of sp³-hybridized carbons (Fsp3) is 0.364. The number of rotatable bonds is 23. The zero-order chi connectivity index (χ0) is 37.9. The van der Waals surface area contributed by atoms with Crippen LogP contribution in [-0.4, -0.2) is 67.9 Å². The van der Waals surface area contributed by atoms with Gasteiger partial charge < -0.3 is 33.9 Å². The van der Waals surface area contributed by atoms with Crippen molar-refractivity contribution in [3.63, 3.8) is 0 Å². The summed E-state index contributed by atoms with van der Waals surface area (Å²) >= 11 is 0. The molecule has 0 fully saturated rings. The number of aliphatic hydroxyl groups excluding tert-OH is 2. The molecule has 280 valence electrons. The summed E-state index contributed by atoms with van der Waals surface area (Å²) in [7, 11) is 0. The van der Waals surface area contributed by atoms with E-state index in [4.69, 9.17) is 23.7 Å². The molecule has 2 N–H and O–H groups in total. The van der Waals surface area contributed by atoms with Crippen LogP contribution in [0, 0.1) is 23.7 Å². The molecule has 0 aliphatic rings. The van der Waals surface area contributed by atoms with Crippen molar-refractivity contribution in [2.75, 3.05) is 39.6 Å². The van der Waals surface area contributed by atoms with E-state index in [0.29, 0.717) is 26.4 Å². The summed E-state index contributed by atoms with van der Waals surface area (Å²) < 4.78 is 27.3. The maximum atomic E-state index is 11.1. The zero-order valence-corrected chi connectivity index (χ0v) is 30.4. The fourth-order valence-corrected chi connectivity index (χ4v) is 4.78. The lowest BCUT2D eigenvalue weighted by atomic mass is 10.0. The van der Waals surface area contributed by atoms with Crippen LogP contribution in [0.3, 0.4) is 0 Å². The molecule has 0 saturated carbocycles. The second kappa shape index (κ2) is 25.6. The van der Waals surface area contributed by atoms with Crippen molar-refractivity contribution in [2.45, 2.75) is 64.1 Å². The van der Waals surface area contributed by atoms with E-state index in [1.165, 1.54) is 12.2 Å². The number of carbonyl (C=O) groups is 2. The normalized spacial score (nSPS) is 10.8. The molecule has 0 aromatic heterocycles. The molecule has 0 amide bonds. The van der Waals surface area contributed by atoms with Gasteiger partial charge in [-0.2, -0.15) is 0 Å². The van der Waals surface area contributed by atoms with E-state index in [0.717, 1.165) is 90.7 Å². The molecule has 3 aromatic rings. The Labute approximate surface area is 313 Å². The zero-order valence-electron chi connectivity index (χ0n) is 30.4. The van der Waals surface area contributed by atoms with E-state index in [-0.39, 0.29) is 31.8 Å². The Kier molecular flexibility index (Phi) is 20.3. The van der Waals surface area contributed by atoms with Crippen LogP contribution in [0.2, 0.25) is 0 Å². The summed E-state index contributed by atoms with van der Waals surface area (Å²) in [4.78, 5) is 22.1. The minimum Gasteiger partial charge on any atom is -0.494 e. The third kappa shape index (κ3) is 18.1. The molecule has 9 heteroatoms. The quantitative estimate of drug-likeness (QED) is 0.0477. The van der Waals surface area contributed by atoms with Crippen molar-refractivity contribution >= 4 is 11.9 Å². The van der Waals surface area contributed by atoms with Gasteiger partial charge in [-0.15, -0.1) is 0 Å². The molecule has 0 heterocycles. The van der Waals surface area contributed by atoms with Crippen molar-refractivity contribution in [2.24, 2.45) is 0 Å². The molecule has 0 aliphatic carbocycles. The first-order valence-electron chi connectivity index (χ1n) is 18.0. The standard InChI is InChI=1S/C44H50O9/c1-3-43(47)52-29-11-7-5-9-27-50-41-23-17-35(18-24-41)13-14-37-16-22-38(39(31-37)33-49-34-40(46)32-45)21-15-36-19-25-42(26-20-36)51-28-10-6-8-12-30-53-44(48)4-2/h3-4,16-20,22-26,31,40,45-46H,1-2,5-12,27-30,32-34H2. The number of hydrogen-bond donors (Lipinski definition) is 2. The number of carbonyl (C=O) groups excluding carboxylic acids is 2. The Hall–Kier alpha value is -5.32. The molecule has 0 saturated heterocycles. The van der Waals surface area contributed by atoms with Crippen molar-refractivity contribution in [3.8, 4) is 35.2 Å². The molecular formula is C44H50O9. The van der Waals surface area contributed by atoms with E-state index in [1.54, 1.807) is 0 Å². The van der Waals surface area contributed by atoms with Gasteiger partial charge in [0.15, 0.2) is 0 Å². The number of esters is 2. The van der Waals surface area contributed by atoms with Crippen LogP contribution in [0.1, 0.15) is 79.2 Å².